The van der Waals surface area contributed by atoms with Crippen molar-refractivity contribution in [2.24, 2.45) is 0 Å². The Labute approximate surface area is 124 Å². The van der Waals surface area contributed by atoms with Crippen molar-refractivity contribution in [2.45, 2.75) is 25.1 Å². The van der Waals surface area contributed by atoms with Gasteiger partial charge in [0.1, 0.15) is 15.7 Å². The Hall–Kier alpha value is -1.64. The molecule has 0 radical (unpaired) electrons. The summed E-state index contributed by atoms with van der Waals surface area (Å²) in [6, 6.07) is 1.14. The second-order valence-electron chi connectivity index (χ2n) is 5.13. The average Bonchev–Trinajstić information content (AvgIpc) is 2.39. The van der Waals surface area contributed by atoms with Crippen molar-refractivity contribution in [1.29, 1.82) is 0 Å². The zero-order valence-corrected chi connectivity index (χ0v) is 12.1. The minimum atomic E-state index is -4.75. The SMILES string of the molecule is O=C(NC1CCS(=O)(=O)CC1)c1cc(F)cc(C(F)(F)F)c1. The van der Waals surface area contributed by atoms with Gasteiger partial charge in [0, 0.05) is 11.6 Å². The molecule has 0 aliphatic carbocycles. The first-order valence-electron chi connectivity index (χ1n) is 6.46. The number of rotatable bonds is 2. The van der Waals surface area contributed by atoms with E-state index < -0.39 is 44.9 Å². The molecule has 0 aromatic heterocycles. The number of amides is 1. The van der Waals surface area contributed by atoms with Gasteiger partial charge in [-0.1, -0.05) is 0 Å². The number of nitrogens with one attached hydrogen (secondary N) is 1. The van der Waals surface area contributed by atoms with Gasteiger partial charge in [-0.05, 0) is 31.0 Å². The fourth-order valence-corrected chi connectivity index (χ4v) is 3.68. The number of halogens is 4. The summed E-state index contributed by atoms with van der Waals surface area (Å²) in [6.45, 7) is 0. The summed E-state index contributed by atoms with van der Waals surface area (Å²) in [5.74, 6) is -2.19. The lowest BCUT2D eigenvalue weighted by atomic mass is 10.1. The van der Waals surface area contributed by atoms with Crippen LogP contribution in [0.5, 0.6) is 0 Å². The molecule has 1 amide bonds. The smallest absolute Gasteiger partial charge is 0.349 e. The maximum absolute atomic E-state index is 13.2. The highest BCUT2D eigenvalue weighted by Gasteiger charge is 2.32. The van der Waals surface area contributed by atoms with Crippen LogP contribution in [0.25, 0.3) is 0 Å². The highest BCUT2D eigenvalue weighted by Crippen LogP contribution is 2.30. The number of benzene rings is 1. The maximum atomic E-state index is 13.2. The van der Waals surface area contributed by atoms with Crippen molar-refractivity contribution < 1.29 is 30.8 Å². The van der Waals surface area contributed by atoms with E-state index in [0.717, 1.165) is 0 Å². The van der Waals surface area contributed by atoms with Crippen molar-refractivity contribution in [3.05, 3.63) is 35.1 Å². The van der Waals surface area contributed by atoms with E-state index >= 15 is 0 Å². The van der Waals surface area contributed by atoms with Gasteiger partial charge in [0.25, 0.3) is 5.91 Å². The van der Waals surface area contributed by atoms with E-state index in [-0.39, 0.29) is 24.3 Å². The minimum Gasteiger partial charge on any atom is -0.349 e. The van der Waals surface area contributed by atoms with Crippen LogP contribution in [0.3, 0.4) is 0 Å². The number of carbonyl (C=O) groups excluding carboxylic acids is 1. The molecular formula is C13H13F4NO3S. The largest absolute Gasteiger partial charge is 0.416 e. The summed E-state index contributed by atoms with van der Waals surface area (Å²) < 4.78 is 73.5. The van der Waals surface area contributed by atoms with E-state index in [2.05, 4.69) is 5.32 Å². The minimum absolute atomic E-state index is 0.0884. The summed E-state index contributed by atoms with van der Waals surface area (Å²) in [5.41, 5.74) is -1.69. The predicted octanol–water partition coefficient (Wildman–Crippen LogP) is 2.15. The third kappa shape index (κ3) is 4.19. The Kier molecular flexibility index (Phi) is 4.46. The Morgan fingerprint density at radius 2 is 1.73 bits per heavy atom. The summed E-state index contributed by atoms with van der Waals surface area (Å²) in [7, 11) is -3.11. The molecule has 1 aromatic carbocycles. The fraction of sp³-hybridized carbons (Fsp3) is 0.462. The lowest BCUT2D eigenvalue weighted by Gasteiger charge is -2.23. The Balaban J connectivity index is 2.12. The second-order valence-corrected chi connectivity index (χ2v) is 7.43. The lowest BCUT2D eigenvalue weighted by Crippen LogP contribution is -2.40. The molecule has 0 saturated carbocycles. The Morgan fingerprint density at radius 3 is 2.27 bits per heavy atom. The van der Waals surface area contributed by atoms with Crippen molar-refractivity contribution in [2.75, 3.05) is 11.5 Å². The molecule has 1 aliphatic rings. The van der Waals surface area contributed by atoms with Crippen molar-refractivity contribution >= 4 is 15.7 Å². The molecule has 122 valence electrons. The lowest BCUT2D eigenvalue weighted by molar-refractivity contribution is -0.137. The van der Waals surface area contributed by atoms with E-state index in [9.17, 15) is 30.8 Å². The van der Waals surface area contributed by atoms with Gasteiger partial charge in [0.2, 0.25) is 0 Å². The van der Waals surface area contributed by atoms with Crippen LogP contribution < -0.4 is 5.32 Å². The van der Waals surface area contributed by atoms with E-state index in [4.69, 9.17) is 0 Å². The number of alkyl halides is 3. The molecule has 0 atom stereocenters. The molecule has 22 heavy (non-hydrogen) atoms. The zero-order chi connectivity index (χ0) is 16.5. The first-order valence-corrected chi connectivity index (χ1v) is 8.28. The number of carbonyl (C=O) groups is 1. The van der Waals surface area contributed by atoms with Crippen LogP contribution in [0.2, 0.25) is 0 Å². The normalized spacial score (nSPS) is 18.9. The van der Waals surface area contributed by atoms with Crippen molar-refractivity contribution in [1.82, 2.24) is 5.32 Å². The highest BCUT2D eigenvalue weighted by atomic mass is 32.2. The maximum Gasteiger partial charge on any atom is 0.416 e. The third-order valence-corrected chi connectivity index (χ3v) is 5.09. The molecule has 1 heterocycles. The monoisotopic (exact) mass is 339 g/mol. The van der Waals surface area contributed by atoms with Crippen LogP contribution in [0.15, 0.2) is 18.2 Å². The standard InChI is InChI=1S/C13H13F4NO3S/c14-10-6-8(5-9(7-10)13(15,16)17)12(19)18-11-1-3-22(20,21)4-2-11/h5-7,11H,1-4H2,(H,18,19). The van der Waals surface area contributed by atoms with Gasteiger partial charge >= 0.3 is 6.18 Å². The molecule has 0 spiro atoms. The molecule has 1 fully saturated rings. The fourth-order valence-electron chi connectivity index (χ4n) is 2.19. The molecule has 9 heteroatoms. The summed E-state index contributed by atoms with van der Waals surface area (Å²) in [5, 5.41) is 2.44. The first kappa shape index (κ1) is 16.7. The number of sulfone groups is 1. The predicted molar refractivity (Wildman–Crippen MR) is 70.5 cm³/mol. The van der Waals surface area contributed by atoms with Crippen LogP contribution in [0.1, 0.15) is 28.8 Å². The third-order valence-electron chi connectivity index (χ3n) is 3.38. The van der Waals surface area contributed by atoms with Gasteiger partial charge in [0.05, 0.1) is 17.1 Å². The van der Waals surface area contributed by atoms with Gasteiger partial charge in [-0.2, -0.15) is 13.2 Å². The molecule has 1 aromatic rings. The van der Waals surface area contributed by atoms with Gasteiger partial charge in [0.15, 0.2) is 0 Å². The first-order chi connectivity index (χ1) is 10.1. The van der Waals surface area contributed by atoms with E-state index in [0.29, 0.717) is 18.2 Å². The topological polar surface area (TPSA) is 63.2 Å². The van der Waals surface area contributed by atoms with E-state index in [1.807, 2.05) is 0 Å². The summed E-state index contributed by atoms with van der Waals surface area (Å²) >= 11 is 0. The summed E-state index contributed by atoms with van der Waals surface area (Å²) in [4.78, 5) is 11.9. The van der Waals surface area contributed by atoms with Crippen molar-refractivity contribution in [3.63, 3.8) is 0 Å². The Bertz CT molecular complexity index is 671. The molecule has 1 aliphatic heterocycles. The van der Waals surface area contributed by atoms with Crippen LogP contribution in [0.4, 0.5) is 17.6 Å². The zero-order valence-electron chi connectivity index (χ0n) is 11.3. The van der Waals surface area contributed by atoms with Gasteiger partial charge < -0.3 is 5.32 Å². The van der Waals surface area contributed by atoms with Crippen LogP contribution in [0, 0.1) is 5.82 Å². The molecule has 0 bridgehead atoms. The quantitative estimate of drug-likeness (QED) is 0.840. The number of hydrogen-bond donors (Lipinski definition) is 1. The Morgan fingerprint density at radius 1 is 1.14 bits per heavy atom. The molecule has 4 nitrogen and oxygen atoms in total. The molecular weight excluding hydrogens is 326 g/mol. The molecule has 1 N–H and O–H groups in total. The summed E-state index contributed by atoms with van der Waals surface area (Å²) in [6.07, 6.45) is -4.37. The molecule has 0 unspecified atom stereocenters. The van der Waals surface area contributed by atoms with Gasteiger partial charge in [-0.25, -0.2) is 12.8 Å². The number of hydrogen-bond acceptors (Lipinski definition) is 3. The van der Waals surface area contributed by atoms with Crippen molar-refractivity contribution in [3.8, 4) is 0 Å². The van der Waals surface area contributed by atoms with Crippen LogP contribution in [-0.4, -0.2) is 31.9 Å². The van der Waals surface area contributed by atoms with Gasteiger partial charge in [-0.3, -0.25) is 4.79 Å². The second kappa shape index (κ2) is 5.86. The van der Waals surface area contributed by atoms with E-state index in [1.165, 1.54) is 0 Å². The van der Waals surface area contributed by atoms with Crippen LogP contribution in [-0.2, 0) is 16.0 Å². The van der Waals surface area contributed by atoms with Crippen LogP contribution >= 0.6 is 0 Å². The molecule has 1 saturated heterocycles. The molecule has 2 rings (SSSR count). The van der Waals surface area contributed by atoms with Gasteiger partial charge in [-0.15, -0.1) is 0 Å². The van der Waals surface area contributed by atoms with E-state index in [1.54, 1.807) is 0 Å². The average molecular weight is 339 g/mol. The highest BCUT2D eigenvalue weighted by molar-refractivity contribution is 7.91.